The Kier molecular flexibility index (Phi) is 6.47. The van der Waals surface area contributed by atoms with Crippen molar-refractivity contribution >= 4 is 6.09 Å². The Bertz CT molecular complexity index is 636. The molecular formula is C16H19N3O5. The van der Waals surface area contributed by atoms with Crippen molar-refractivity contribution in [2.24, 2.45) is 0 Å². The van der Waals surface area contributed by atoms with Gasteiger partial charge in [-0.25, -0.2) is 14.8 Å². The van der Waals surface area contributed by atoms with Crippen molar-refractivity contribution in [1.82, 2.24) is 15.3 Å². The Balaban J connectivity index is 1.68. The summed E-state index contributed by atoms with van der Waals surface area (Å²) in [6, 6.07) is 9.24. The van der Waals surface area contributed by atoms with Gasteiger partial charge in [0.25, 0.3) is 0 Å². The molecule has 0 aliphatic carbocycles. The first-order valence-corrected chi connectivity index (χ1v) is 7.38. The number of hydrogen-bond donors (Lipinski definition) is 4. The molecule has 8 heteroatoms. The summed E-state index contributed by atoms with van der Waals surface area (Å²) in [5.41, 5.74) is 0.868. The number of aromatic nitrogens is 2. The van der Waals surface area contributed by atoms with Gasteiger partial charge in [0.1, 0.15) is 12.7 Å². The van der Waals surface area contributed by atoms with E-state index in [2.05, 4.69) is 15.3 Å². The zero-order valence-corrected chi connectivity index (χ0v) is 12.9. The maximum atomic E-state index is 11.5. The predicted octanol–water partition coefficient (Wildman–Crippen LogP) is 0.893. The maximum Gasteiger partial charge on any atom is 0.407 e. The molecule has 0 aliphatic heterocycles. The van der Waals surface area contributed by atoms with Crippen LogP contribution >= 0.6 is 0 Å². The van der Waals surface area contributed by atoms with E-state index in [1.54, 1.807) is 0 Å². The Morgan fingerprint density at radius 2 is 1.83 bits per heavy atom. The quantitative estimate of drug-likeness (QED) is 0.593. The second kappa shape index (κ2) is 8.80. The van der Waals surface area contributed by atoms with Crippen LogP contribution in [0.1, 0.15) is 23.9 Å². The Morgan fingerprint density at radius 3 is 2.50 bits per heavy atom. The molecule has 0 fully saturated rings. The van der Waals surface area contributed by atoms with Crippen molar-refractivity contribution in [3.63, 3.8) is 0 Å². The van der Waals surface area contributed by atoms with E-state index in [4.69, 9.17) is 9.84 Å². The number of carbonyl (C=O) groups is 1. The molecule has 24 heavy (non-hydrogen) atoms. The van der Waals surface area contributed by atoms with Gasteiger partial charge in [0, 0.05) is 6.54 Å². The Morgan fingerprint density at radius 1 is 1.17 bits per heavy atom. The summed E-state index contributed by atoms with van der Waals surface area (Å²) in [4.78, 5) is 19.0. The van der Waals surface area contributed by atoms with Gasteiger partial charge in [0.05, 0.1) is 18.5 Å². The zero-order valence-electron chi connectivity index (χ0n) is 12.9. The monoisotopic (exact) mass is 333 g/mol. The van der Waals surface area contributed by atoms with E-state index in [9.17, 15) is 15.0 Å². The fourth-order valence-electron chi connectivity index (χ4n) is 1.91. The van der Waals surface area contributed by atoms with Crippen LogP contribution in [-0.2, 0) is 11.3 Å². The molecule has 0 bridgehead atoms. The predicted molar refractivity (Wildman–Crippen MR) is 83.9 cm³/mol. The molecule has 128 valence electrons. The fourth-order valence-corrected chi connectivity index (χ4v) is 1.91. The summed E-state index contributed by atoms with van der Waals surface area (Å²) >= 11 is 0. The third-order valence-corrected chi connectivity index (χ3v) is 3.21. The fraction of sp³-hybridized carbons (Fsp3) is 0.312. The van der Waals surface area contributed by atoms with Crippen molar-refractivity contribution in [2.45, 2.75) is 25.2 Å². The molecule has 1 aromatic heterocycles. The van der Waals surface area contributed by atoms with Crippen molar-refractivity contribution in [3.05, 3.63) is 54.1 Å². The van der Waals surface area contributed by atoms with E-state index in [0.29, 0.717) is 0 Å². The smallest absolute Gasteiger partial charge is 0.407 e. The average Bonchev–Trinajstić information content (AvgIpc) is 2.61. The second-order valence-electron chi connectivity index (χ2n) is 5.09. The van der Waals surface area contributed by atoms with E-state index >= 15 is 0 Å². The van der Waals surface area contributed by atoms with Crippen LogP contribution in [-0.4, -0.2) is 44.0 Å². The van der Waals surface area contributed by atoms with Crippen LogP contribution in [0.5, 0.6) is 5.75 Å². The number of nitrogens with zero attached hydrogens (tertiary/aromatic N) is 2. The van der Waals surface area contributed by atoms with E-state index < -0.39 is 18.3 Å². The van der Waals surface area contributed by atoms with E-state index in [-0.39, 0.29) is 31.1 Å². The molecule has 2 rings (SSSR count). The standard InChI is InChI=1S/C16H19N3O5/c20-12-8-18-15(19-9-12)14(22)13(21)6-7-17-16(23)24-10-11-4-2-1-3-5-11/h1-5,8-9,13-14,20-22H,6-7,10H2,(H,17,23). The van der Waals surface area contributed by atoms with Gasteiger partial charge in [-0.05, 0) is 12.0 Å². The van der Waals surface area contributed by atoms with Gasteiger partial charge >= 0.3 is 6.09 Å². The molecule has 0 spiro atoms. The summed E-state index contributed by atoms with van der Waals surface area (Å²) in [6.45, 7) is 0.267. The minimum Gasteiger partial charge on any atom is -0.505 e. The van der Waals surface area contributed by atoms with Crippen LogP contribution in [0.15, 0.2) is 42.7 Å². The molecule has 1 heterocycles. The molecular weight excluding hydrogens is 314 g/mol. The number of benzene rings is 1. The van der Waals surface area contributed by atoms with E-state index in [0.717, 1.165) is 18.0 Å². The van der Waals surface area contributed by atoms with Crippen LogP contribution in [0.25, 0.3) is 0 Å². The van der Waals surface area contributed by atoms with Gasteiger partial charge in [0.2, 0.25) is 0 Å². The van der Waals surface area contributed by atoms with Crippen LogP contribution < -0.4 is 5.32 Å². The van der Waals surface area contributed by atoms with Crippen molar-refractivity contribution in [1.29, 1.82) is 0 Å². The van der Waals surface area contributed by atoms with Crippen LogP contribution in [0.3, 0.4) is 0 Å². The van der Waals surface area contributed by atoms with Gasteiger partial charge in [-0.1, -0.05) is 30.3 Å². The SMILES string of the molecule is O=C(NCCC(O)C(O)c1ncc(O)cn1)OCc1ccccc1. The molecule has 0 saturated heterocycles. The van der Waals surface area contributed by atoms with Crippen molar-refractivity contribution < 1.29 is 24.9 Å². The molecule has 2 unspecified atom stereocenters. The Labute approximate surface area is 138 Å². The average molecular weight is 333 g/mol. The molecule has 1 aromatic carbocycles. The summed E-state index contributed by atoms with van der Waals surface area (Å²) < 4.78 is 5.02. The lowest BCUT2D eigenvalue weighted by Gasteiger charge is -2.16. The number of nitrogens with one attached hydrogen (secondary N) is 1. The number of alkyl carbamates (subject to hydrolysis) is 1. The molecule has 0 aliphatic rings. The first-order chi connectivity index (χ1) is 11.6. The number of amides is 1. The summed E-state index contributed by atoms with van der Waals surface area (Å²) in [6.07, 6.45) is -0.751. The van der Waals surface area contributed by atoms with Crippen molar-refractivity contribution in [2.75, 3.05) is 6.54 Å². The summed E-state index contributed by atoms with van der Waals surface area (Å²) in [5.74, 6) is -0.143. The minimum atomic E-state index is -1.31. The lowest BCUT2D eigenvalue weighted by Crippen LogP contribution is -2.30. The lowest BCUT2D eigenvalue weighted by atomic mass is 10.1. The van der Waals surface area contributed by atoms with Gasteiger partial charge in [-0.15, -0.1) is 0 Å². The Hall–Kier alpha value is -2.71. The number of aliphatic hydroxyl groups excluding tert-OH is 2. The topological polar surface area (TPSA) is 125 Å². The van der Waals surface area contributed by atoms with Gasteiger partial charge in [-0.2, -0.15) is 0 Å². The molecule has 1 amide bonds. The largest absolute Gasteiger partial charge is 0.505 e. The number of aromatic hydroxyl groups is 1. The third-order valence-electron chi connectivity index (χ3n) is 3.21. The highest BCUT2D eigenvalue weighted by atomic mass is 16.5. The lowest BCUT2D eigenvalue weighted by molar-refractivity contribution is 0.00835. The van der Waals surface area contributed by atoms with E-state index in [1.165, 1.54) is 0 Å². The molecule has 2 atom stereocenters. The third kappa shape index (κ3) is 5.49. The number of hydrogen-bond acceptors (Lipinski definition) is 7. The number of aliphatic hydroxyl groups is 2. The molecule has 0 saturated carbocycles. The summed E-state index contributed by atoms with van der Waals surface area (Å²) in [7, 11) is 0. The van der Waals surface area contributed by atoms with E-state index in [1.807, 2.05) is 30.3 Å². The van der Waals surface area contributed by atoms with Gasteiger partial charge in [0.15, 0.2) is 11.6 Å². The van der Waals surface area contributed by atoms with Crippen LogP contribution in [0.4, 0.5) is 4.79 Å². The summed E-state index contributed by atoms with van der Waals surface area (Å²) in [5, 5.41) is 31.3. The van der Waals surface area contributed by atoms with Crippen molar-refractivity contribution in [3.8, 4) is 5.75 Å². The highest BCUT2D eigenvalue weighted by molar-refractivity contribution is 5.67. The van der Waals surface area contributed by atoms with Gasteiger partial charge < -0.3 is 25.4 Å². The first-order valence-electron chi connectivity index (χ1n) is 7.38. The van der Waals surface area contributed by atoms with Gasteiger partial charge in [-0.3, -0.25) is 0 Å². The maximum absolute atomic E-state index is 11.5. The minimum absolute atomic E-state index is 0.00745. The normalized spacial score (nSPS) is 13.1. The van der Waals surface area contributed by atoms with Crippen LogP contribution in [0, 0.1) is 0 Å². The first kappa shape index (κ1) is 17.6. The molecule has 8 nitrogen and oxygen atoms in total. The van der Waals surface area contributed by atoms with Crippen LogP contribution in [0.2, 0.25) is 0 Å². The molecule has 0 radical (unpaired) electrons. The molecule has 2 aromatic rings. The number of rotatable bonds is 7. The second-order valence-corrected chi connectivity index (χ2v) is 5.09. The molecule has 4 N–H and O–H groups in total. The highest BCUT2D eigenvalue weighted by Gasteiger charge is 2.21. The zero-order chi connectivity index (χ0) is 17.4. The number of carbonyl (C=O) groups excluding carboxylic acids is 1. The number of ether oxygens (including phenoxy) is 1. The highest BCUT2D eigenvalue weighted by Crippen LogP contribution is 2.15.